The highest BCUT2D eigenvalue weighted by atomic mass is 15.1. The topological polar surface area (TPSA) is 15.3 Å². The highest BCUT2D eigenvalue weighted by molar-refractivity contribution is 4.82. The summed E-state index contributed by atoms with van der Waals surface area (Å²) >= 11 is 0. The lowest BCUT2D eigenvalue weighted by Crippen LogP contribution is -2.42. The minimum atomic E-state index is 0.376. The lowest BCUT2D eigenvalue weighted by Gasteiger charge is -2.32. The number of hydrogen-bond donors (Lipinski definition) is 1. The zero-order chi connectivity index (χ0) is 12.2. The maximum Gasteiger partial charge on any atom is 0.0128 e. The monoisotopic (exact) mass is 226 g/mol. The summed E-state index contributed by atoms with van der Waals surface area (Å²) in [7, 11) is 0. The smallest absolute Gasteiger partial charge is 0.0128 e. The van der Waals surface area contributed by atoms with Gasteiger partial charge in [-0.25, -0.2) is 0 Å². The van der Waals surface area contributed by atoms with Crippen molar-refractivity contribution in [3.8, 4) is 0 Å². The van der Waals surface area contributed by atoms with Gasteiger partial charge in [0.25, 0.3) is 0 Å². The summed E-state index contributed by atoms with van der Waals surface area (Å²) in [5.41, 5.74) is 0.376. The average Bonchev–Trinajstić information content (AvgIpc) is 2.57. The molecule has 2 atom stereocenters. The molecular weight excluding hydrogens is 196 g/mol. The molecule has 0 saturated carbocycles. The van der Waals surface area contributed by atoms with Crippen molar-refractivity contribution in [3.63, 3.8) is 0 Å². The van der Waals surface area contributed by atoms with Crippen molar-refractivity contribution in [1.82, 2.24) is 10.2 Å². The normalized spacial score (nSPS) is 24.9. The van der Waals surface area contributed by atoms with E-state index in [1.807, 2.05) is 0 Å². The number of likely N-dealkylation sites (tertiary alicyclic amines) is 1. The van der Waals surface area contributed by atoms with Crippen LogP contribution < -0.4 is 5.32 Å². The molecule has 1 rings (SSSR count). The van der Waals surface area contributed by atoms with Gasteiger partial charge in [0.1, 0.15) is 0 Å². The van der Waals surface area contributed by atoms with Gasteiger partial charge in [-0.05, 0) is 43.8 Å². The van der Waals surface area contributed by atoms with Gasteiger partial charge in [-0.3, -0.25) is 0 Å². The molecule has 0 aromatic rings. The van der Waals surface area contributed by atoms with Gasteiger partial charge in [0.05, 0.1) is 0 Å². The van der Waals surface area contributed by atoms with Crippen molar-refractivity contribution in [1.29, 1.82) is 0 Å². The van der Waals surface area contributed by atoms with Crippen LogP contribution in [0, 0.1) is 11.3 Å². The van der Waals surface area contributed by atoms with Crippen molar-refractivity contribution in [2.75, 3.05) is 26.2 Å². The van der Waals surface area contributed by atoms with Gasteiger partial charge in [0.2, 0.25) is 0 Å². The SMILES string of the molecule is CCNC(CCN1CCC(C)C1)C(C)(C)C. The molecule has 2 heteroatoms. The standard InChI is InChI=1S/C14H30N2/c1-6-15-13(14(3,4)5)8-10-16-9-7-12(2)11-16/h12-13,15H,6-11H2,1-5H3. The van der Waals surface area contributed by atoms with Crippen molar-refractivity contribution in [3.05, 3.63) is 0 Å². The van der Waals surface area contributed by atoms with E-state index in [2.05, 4.69) is 44.8 Å². The minimum Gasteiger partial charge on any atom is -0.314 e. The number of rotatable bonds is 5. The first-order valence-corrected chi connectivity index (χ1v) is 6.89. The fraction of sp³-hybridized carbons (Fsp3) is 1.00. The second kappa shape index (κ2) is 6.02. The second-order valence-corrected chi connectivity index (χ2v) is 6.46. The van der Waals surface area contributed by atoms with Gasteiger partial charge in [-0.1, -0.05) is 34.6 Å². The molecule has 1 fully saturated rings. The molecule has 0 radical (unpaired) electrons. The number of nitrogens with one attached hydrogen (secondary N) is 1. The molecule has 0 aromatic carbocycles. The van der Waals surface area contributed by atoms with Gasteiger partial charge < -0.3 is 10.2 Å². The summed E-state index contributed by atoms with van der Waals surface area (Å²) < 4.78 is 0. The molecule has 0 spiro atoms. The molecule has 0 bridgehead atoms. The minimum absolute atomic E-state index is 0.376. The Bertz CT molecular complexity index is 195. The molecule has 0 aromatic heterocycles. The first-order valence-electron chi connectivity index (χ1n) is 6.89. The first-order chi connectivity index (χ1) is 7.43. The molecule has 0 aliphatic carbocycles. The summed E-state index contributed by atoms with van der Waals surface area (Å²) in [6.07, 6.45) is 2.67. The van der Waals surface area contributed by atoms with E-state index in [9.17, 15) is 0 Å². The van der Waals surface area contributed by atoms with Crippen LogP contribution in [0.15, 0.2) is 0 Å². The largest absolute Gasteiger partial charge is 0.314 e. The van der Waals surface area contributed by atoms with Crippen LogP contribution in [-0.4, -0.2) is 37.1 Å². The van der Waals surface area contributed by atoms with Crippen LogP contribution in [0.2, 0.25) is 0 Å². The third kappa shape index (κ3) is 4.42. The molecule has 1 aliphatic rings. The van der Waals surface area contributed by atoms with E-state index < -0.39 is 0 Å². The molecule has 16 heavy (non-hydrogen) atoms. The number of nitrogens with zero attached hydrogens (tertiary/aromatic N) is 1. The van der Waals surface area contributed by atoms with E-state index >= 15 is 0 Å². The molecule has 96 valence electrons. The second-order valence-electron chi connectivity index (χ2n) is 6.46. The lowest BCUT2D eigenvalue weighted by molar-refractivity contribution is 0.221. The third-order valence-corrected chi connectivity index (χ3v) is 3.74. The van der Waals surface area contributed by atoms with Crippen LogP contribution in [0.25, 0.3) is 0 Å². The zero-order valence-electron chi connectivity index (χ0n) is 11.8. The van der Waals surface area contributed by atoms with Crippen LogP contribution in [0.3, 0.4) is 0 Å². The van der Waals surface area contributed by atoms with Crippen LogP contribution in [-0.2, 0) is 0 Å². The Morgan fingerprint density at radius 1 is 1.38 bits per heavy atom. The Morgan fingerprint density at radius 3 is 2.50 bits per heavy atom. The maximum absolute atomic E-state index is 3.63. The van der Waals surface area contributed by atoms with Crippen LogP contribution in [0.4, 0.5) is 0 Å². The fourth-order valence-electron chi connectivity index (χ4n) is 2.63. The first kappa shape index (κ1) is 14.0. The summed E-state index contributed by atoms with van der Waals surface area (Å²) in [5.74, 6) is 0.909. The Morgan fingerprint density at radius 2 is 2.06 bits per heavy atom. The Kier molecular flexibility index (Phi) is 5.26. The quantitative estimate of drug-likeness (QED) is 0.775. The Labute approximate surface area is 102 Å². The summed E-state index contributed by atoms with van der Waals surface area (Å²) in [6.45, 7) is 16.6. The van der Waals surface area contributed by atoms with E-state index in [4.69, 9.17) is 0 Å². The maximum atomic E-state index is 3.63. The van der Waals surface area contributed by atoms with Crippen molar-refractivity contribution >= 4 is 0 Å². The Balaban J connectivity index is 2.32. The Hall–Kier alpha value is -0.0800. The van der Waals surface area contributed by atoms with E-state index in [0.717, 1.165) is 12.5 Å². The molecule has 1 N–H and O–H groups in total. The van der Waals surface area contributed by atoms with E-state index in [0.29, 0.717) is 11.5 Å². The van der Waals surface area contributed by atoms with Crippen molar-refractivity contribution < 1.29 is 0 Å². The highest BCUT2D eigenvalue weighted by Gasteiger charge is 2.25. The summed E-state index contributed by atoms with van der Waals surface area (Å²) in [4.78, 5) is 2.63. The van der Waals surface area contributed by atoms with Gasteiger partial charge in [-0.2, -0.15) is 0 Å². The average molecular weight is 226 g/mol. The highest BCUT2D eigenvalue weighted by Crippen LogP contribution is 2.23. The molecule has 1 heterocycles. The lowest BCUT2D eigenvalue weighted by atomic mass is 9.84. The van der Waals surface area contributed by atoms with E-state index in [1.165, 1.54) is 32.5 Å². The molecule has 1 saturated heterocycles. The van der Waals surface area contributed by atoms with Gasteiger partial charge in [0, 0.05) is 12.6 Å². The van der Waals surface area contributed by atoms with Crippen LogP contribution in [0.1, 0.15) is 47.5 Å². The number of hydrogen-bond acceptors (Lipinski definition) is 2. The molecule has 0 amide bonds. The van der Waals surface area contributed by atoms with Gasteiger partial charge >= 0.3 is 0 Å². The van der Waals surface area contributed by atoms with Crippen molar-refractivity contribution in [2.45, 2.75) is 53.5 Å². The van der Waals surface area contributed by atoms with Crippen molar-refractivity contribution in [2.24, 2.45) is 11.3 Å². The van der Waals surface area contributed by atoms with E-state index in [-0.39, 0.29) is 0 Å². The molecular formula is C14H30N2. The van der Waals surface area contributed by atoms with Gasteiger partial charge in [0.15, 0.2) is 0 Å². The van der Waals surface area contributed by atoms with E-state index in [1.54, 1.807) is 0 Å². The fourth-order valence-corrected chi connectivity index (χ4v) is 2.63. The summed E-state index contributed by atoms with van der Waals surface area (Å²) in [6, 6.07) is 0.647. The predicted octanol–water partition coefficient (Wildman–Crippen LogP) is 2.74. The van der Waals surface area contributed by atoms with Crippen LogP contribution in [0.5, 0.6) is 0 Å². The third-order valence-electron chi connectivity index (χ3n) is 3.74. The van der Waals surface area contributed by atoms with Crippen LogP contribution >= 0.6 is 0 Å². The zero-order valence-corrected chi connectivity index (χ0v) is 11.8. The van der Waals surface area contributed by atoms with Gasteiger partial charge in [-0.15, -0.1) is 0 Å². The predicted molar refractivity (Wildman–Crippen MR) is 71.8 cm³/mol. The molecule has 2 nitrogen and oxygen atoms in total. The molecule has 1 aliphatic heterocycles. The molecule has 2 unspecified atom stereocenters. The summed E-state index contributed by atoms with van der Waals surface area (Å²) in [5, 5.41) is 3.63.